The molecule has 5 rings (SSSR count). The first kappa shape index (κ1) is 18.4. The maximum atomic E-state index is 14.7. The van der Waals surface area contributed by atoms with E-state index in [0.717, 1.165) is 49.6 Å². The molecule has 1 aliphatic heterocycles. The lowest BCUT2D eigenvalue weighted by Crippen LogP contribution is -2.38. The molecule has 0 unspecified atom stereocenters. The highest BCUT2D eigenvalue weighted by Crippen LogP contribution is 2.41. The molecule has 1 saturated heterocycles. The van der Waals surface area contributed by atoms with Gasteiger partial charge in [-0.25, -0.2) is 23.3 Å². The van der Waals surface area contributed by atoms with E-state index in [0.29, 0.717) is 23.8 Å². The van der Waals surface area contributed by atoms with Crippen LogP contribution in [0.3, 0.4) is 0 Å². The Labute approximate surface area is 166 Å². The number of rotatable bonds is 5. The molecule has 9 heteroatoms. The molecule has 0 amide bonds. The molecule has 3 aromatic heterocycles. The van der Waals surface area contributed by atoms with Crippen LogP contribution in [0.25, 0.3) is 17.0 Å². The Morgan fingerprint density at radius 3 is 2.79 bits per heavy atom. The van der Waals surface area contributed by atoms with E-state index >= 15 is 0 Å². The predicted octanol–water partition coefficient (Wildman–Crippen LogP) is 2.60. The predicted molar refractivity (Wildman–Crippen MR) is 104 cm³/mol. The Morgan fingerprint density at radius 1 is 1.21 bits per heavy atom. The lowest BCUT2D eigenvalue weighted by atomic mass is 10.1. The lowest BCUT2D eigenvalue weighted by molar-refractivity contribution is 0.279. The highest BCUT2D eigenvalue weighted by Gasteiger charge is 2.29. The molecule has 0 aromatic carbocycles. The lowest BCUT2D eigenvalue weighted by Gasteiger charge is -2.24. The summed E-state index contributed by atoms with van der Waals surface area (Å²) in [5, 5.41) is 20.6. The average Bonchev–Trinajstić information content (AvgIpc) is 3.50. The van der Waals surface area contributed by atoms with Crippen LogP contribution in [0.2, 0.25) is 0 Å². The van der Waals surface area contributed by atoms with Crippen LogP contribution in [-0.2, 0) is 6.61 Å². The van der Waals surface area contributed by atoms with Gasteiger partial charge in [0.25, 0.3) is 0 Å². The summed E-state index contributed by atoms with van der Waals surface area (Å²) in [6.45, 7) is 1.53. The molecular formula is C20H22F2N6O. The van der Waals surface area contributed by atoms with E-state index < -0.39 is 11.6 Å². The van der Waals surface area contributed by atoms with Crippen molar-refractivity contribution in [2.75, 3.05) is 18.4 Å². The van der Waals surface area contributed by atoms with Gasteiger partial charge in [0.1, 0.15) is 11.4 Å². The van der Waals surface area contributed by atoms with Gasteiger partial charge in [-0.3, -0.25) is 0 Å². The number of aromatic nitrogens is 4. The maximum Gasteiger partial charge on any atom is 0.168 e. The van der Waals surface area contributed by atoms with E-state index in [1.54, 1.807) is 6.07 Å². The van der Waals surface area contributed by atoms with Gasteiger partial charge in [-0.1, -0.05) is 0 Å². The fraction of sp³-hybridized carbons (Fsp3) is 0.450. The molecule has 0 radical (unpaired) electrons. The van der Waals surface area contributed by atoms with Crippen molar-refractivity contribution < 1.29 is 13.9 Å². The largest absolute Gasteiger partial charge is 0.392 e. The third-order valence-electron chi connectivity index (χ3n) is 5.55. The van der Waals surface area contributed by atoms with Gasteiger partial charge < -0.3 is 15.7 Å². The Balaban J connectivity index is 1.57. The number of nitrogens with one attached hydrogen (secondary N) is 2. The van der Waals surface area contributed by atoms with Gasteiger partial charge in [-0.05, 0) is 38.3 Å². The molecule has 1 atom stereocenters. The molecule has 0 bridgehead atoms. The third-order valence-corrected chi connectivity index (χ3v) is 5.55. The van der Waals surface area contributed by atoms with E-state index in [2.05, 4.69) is 25.7 Å². The molecule has 0 spiro atoms. The van der Waals surface area contributed by atoms with Crippen LogP contribution in [0.4, 0.5) is 14.6 Å². The minimum Gasteiger partial charge on any atom is -0.392 e. The van der Waals surface area contributed by atoms with Gasteiger partial charge in [-0.2, -0.15) is 5.10 Å². The number of fused-ring (bicyclic) bond motifs is 1. The van der Waals surface area contributed by atoms with Crippen molar-refractivity contribution in [3.05, 3.63) is 41.2 Å². The zero-order valence-electron chi connectivity index (χ0n) is 15.8. The molecule has 152 valence electrons. The van der Waals surface area contributed by atoms with Crippen LogP contribution in [0, 0.1) is 11.6 Å². The van der Waals surface area contributed by atoms with E-state index in [4.69, 9.17) is 0 Å². The van der Waals surface area contributed by atoms with Crippen molar-refractivity contribution in [1.82, 2.24) is 24.9 Å². The van der Waals surface area contributed by atoms with Gasteiger partial charge in [-0.15, -0.1) is 0 Å². The summed E-state index contributed by atoms with van der Waals surface area (Å²) in [7, 11) is 0. The van der Waals surface area contributed by atoms with Crippen molar-refractivity contribution in [1.29, 1.82) is 0 Å². The zero-order valence-corrected chi connectivity index (χ0v) is 15.8. The number of hydrogen-bond donors (Lipinski definition) is 3. The number of imidazole rings is 1. The molecule has 2 aliphatic rings. The van der Waals surface area contributed by atoms with Crippen molar-refractivity contribution in [3.8, 4) is 11.4 Å². The summed E-state index contributed by atoms with van der Waals surface area (Å²) < 4.78 is 30.6. The van der Waals surface area contributed by atoms with Crippen molar-refractivity contribution in [2.45, 2.75) is 44.2 Å². The SMILES string of the molecule is OCc1cc2ncc(-c3nc(N[C@@H]4CCCNC4)c(F)cc3F)n2nc1C1CC1. The topological polar surface area (TPSA) is 87.4 Å². The van der Waals surface area contributed by atoms with Crippen LogP contribution < -0.4 is 10.6 Å². The van der Waals surface area contributed by atoms with Gasteiger partial charge in [0, 0.05) is 30.1 Å². The molecule has 1 aliphatic carbocycles. The number of pyridine rings is 1. The second-order valence-electron chi connectivity index (χ2n) is 7.74. The third kappa shape index (κ3) is 3.44. The number of anilines is 1. The molecule has 1 saturated carbocycles. The molecule has 3 N–H and O–H groups in total. The quantitative estimate of drug-likeness (QED) is 0.610. The normalized spacial score (nSPS) is 19.6. The smallest absolute Gasteiger partial charge is 0.168 e. The number of piperidine rings is 1. The number of hydrogen-bond acceptors (Lipinski definition) is 6. The highest BCUT2D eigenvalue weighted by atomic mass is 19.1. The van der Waals surface area contributed by atoms with E-state index in [-0.39, 0.29) is 24.2 Å². The first-order valence-corrected chi connectivity index (χ1v) is 9.96. The van der Waals surface area contributed by atoms with E-state index in [1.807, 2.05) is 0 Å². The molecule has 7 nitrogen and oxygen atoms in total. The second-order valence-corrected chi connectivity index (χ2v) is 7.74. The summed E-state index contributed by atoms with van der Waals surface area (Å²) in [6.07, 6.45) is 5.40. The van der Waals surface area contributed by atoms with Crippen molar-refractivity contribution >= 4 is 11.5 Å². The summed E-state index contributed by atoms with van der Waals surface area (Å²) in [5.41, 5.74) is 2.38. The zero-order chi connectivity index (χ0) is 20.0. The van der Waals surface area contributed by atoms with Gasteiger partial charge in [0.15, 0.2) is 23.1 Å². The Morgan fingerprint density at radius 2 is 2.07 bits per heavy atom. The molecule has 29 heavy (non-hydrogen) atoms. The fourth-order valence-corrected chi connectivity index (χ4v) is 3.87. The minimum absolute atomic E-state index is 0.00355. The van der Waals surface area contributed by atoms with E-state index in [1.165, 1.54) is 10.7 Å². The average molecular weight is 400 g/mol. The Hall–Kier alpha value is -2.65. The van der Waals surface area contributed by atoms with Gasteiger partial charge in [0.2, 0.25) is 0 Å². The fourth-order valence-electron chi connectivity index (χ4n) is 3.87. The highest BCUT2D eigenvalue weighted by molar-refractivity contribution is 5.63. The molecule has 2 fully saturated rings. The van der Waals surface area contributed by atoms with Crippen LogP contribution in [0.5, 0.6) is 0 Å². The van der Waals surface area contributed by atoms with Gasteiger partial charge >= 0.3 is 0 Å². The second kappa shape index (κ2) is 7.31. The Bertz CT molecular complexity index is 1060. The van der Waals surface area contributed by atoms with Crippen molar-refractivity contribution in [3.63, 3.8) is 0 Å². The van der Waals surface area contributed by atoms with E-state index in [9.17, 15) is 13.9 Å². The van der Waals surface area contributed by atoms with Gasteiger partial charge in [0.05, 0.1) is 18.5 Å². The number of aliphatic hydroxyl groups excluding tert-OH is 1. The first-order valence-electron chi connectivity index (χ1n) is 9.96. The van der Waals surface area contributed by atoms with Crippen molar-refractivity contribution in [2.24, 2.45) is 0 Å². The van der Waals surface area contributed by atoms with Crippen LogP contribution in [0.1, 0.15) is 42.9 Å². The summed E-state index contributed by atoms with van der Waals surface area (Å²) >= 11 is 0. The number of halogens is 2. The molecule has 3 aromatic rings. The van der Waals surface area contributed by atoms with Crippen LogP contribution in [0.15, 0.2) is 18.3 Å². The number of aliphatic hydroxyl groups is 1. The maximum absolute atomic E-state index is 14.7. The first-order chi connectivity index (χ1) is 14.1. The molecular weight excluding hydrogens is 378 g/mol. The number of nitrogens with zero attached hydrogens (tertiary/aromatic N) is 4. The Kier molecular flexibility index (Phi) is 4.63. The minimum atomic E-state index is -0.766. The standard InChI is InChI=1S/C20H22F2N6O/c21-14-7-15(22)20(25-13-2-1-5-23-8-13)26-19(14)16-9-24-17-6-12(10-29)18(11-3-4-11)27-28(16)17/h6-7,9,11,13,23,29H,1-5,8,10H2,(H,25,26)/t13-/m1/s1. The monoisotopic (exact) mass is 400 g/mol. The summed E-state index contributed by atoms with van der Waals surface area (Å²) in [6, 6.07) is 2.65. The van der Waals surface area contributed by atoms with Crippen LogP contribution >= 0.6 is 0 Å². The summed E-state index contributed by atoms with van der Waals surface area (Å²) in [4.78, 5) is 8.54. The summed E-state index contributed by atoms with van der Waals surface area (Å²) in [5.74, 6) is -1.16. The van der Waals surface area contributed by atoms with Crippen LogP contribution in [-0.4, -0.2) is 43.8 Å². The molecule has 4 heterocycles.